The van der Waals surface area contributed by atoms with Crippen LogP contribution in [0, 0.1) is 0 Å². The fourth-order valence-electron chi connectivity index (χ4n) is 3.27. The summed E-state index contributed by atoms with van der Waals surface area (Å²) in [5, 5.41) is 13.9. The zero-order chi connectivity index (χ0) is 20.8. The van der Waals surface area contributed by atoms with Gasteiger partial charge >= 0.3 is 11.7 Å². The first-order chi connectivity index (χ1) is 14.0. The number of aromatic nitrogens is 3. The molecule has 1 aromatic heterocycles. The van der Waals surface area contributed by atoms with Crippen LogP contribution in [-0.2, 0) is 19.5 Å². The number of aromatic carboxylic acids is 1. The Morgan fingerprint density at radius 1 is 1.14 bits per heavy atom. The zero-order valence-corrected chi connectivity index (χ0v) is 16.7. The lowest BCUT2D eigenvalue weighted by Crippen LogP contribution is -2.25. The molecule has 0 atom stereocenters. The molecule has 2 aromatic carbocycles. The molecule has 29 heavy (non-hydrogen) atoms. The van der Waals surface area contributed by atoms with Crippen LogP contribution in [-0.4, -0.2) is 25.4 Å². The summed E-state index contributed by atoms with van der Waals surface area (Å²) in [5.74, 6) is -0.170. The summed E-state index contributed by atoms with van der Waals surface area (Å²) >= 11 is 0. The minimum absolute atomic E-state index is 0.119. The van der Waals surface area contributed by atoms with Gasteiger partial charge in [-0.2, -0.15) is 5.10 Å². The molecule has 3 aromatic rings. The number of allylic oxidation sites excluding steroid dienone is 2. The van der Waals surface area contributed by atoms with Crippen LogP contribution in [0.2, 0.25) is 0 Å². The first-order valence-corrected chi connectivity index (χ1v) is 9.74. The Kier molecular flexibility index (Phi) is 6.44. The Balaban J connectivity index is 1.90. The molecule has 0 aliphatic rings. The number of carboxylic acids is 1. The molecular formula is C23H25N3O3. The Bertz CT molecular complexity index is 1080. The third kappa shape index (κ3) is 4.54. The molecule has 0 fully saturated rings. The van der Waals surface area contributed by atoms with Gasteiger partial charge in [-0.3, -0.25) is 4.57 Å². The van der Waals surface area contributed by atoms with Gasteiger partial charge in [-0.25, -0.2) is 14.3 Å². The third-order valence-corrected chi connectivity index (χ3v) is 4.75. The van der Waals surface area contributed by atoms with Crippen molar-refractivity contribution in [1.29, 1.82) is 0 Å². The molecule has 3 rings (SSSR count). The first-order valence-electron chi connectivity index (χ1n) is 9.74. The van der Waals surface area contributed by atoms with E-state index in [4.69, 9.17) is 0 Å². The number of aryl methyl sites for hydroxylation is 1. The van der Waals surface area contributed by atoms with Crippen molar-refractivity contribution >= 4 is 5.97 Å². The summed E-state index contributed by atoms with van der Waals surface area (Å²) in [6.45, 7) is 4.88. The van der Waals surface area contributed by atoms with E-state index in [2.05, 4.69) is 12.0 Å². The molecular weight excluding hydrogens is 366 g/mol. The Hall–Kier alpha value is -3.41. The molecule has 1 heterocycles. The molecule has 150 valence electrons. The molecule has 0 aliphatic carbocycles. The second kappa shape index (κ2) is 9.19. The van der Waals surface area contributed by atoms with Crippen molar-refractivity contribution in [1.82, 2.24) is 14.3 Å². The van der Waals surface area contributed by atoms with Crippen LogP contribution < -0.4 is 5.69 Å². The highest BCUT2D eigenvalue weighted by molar-refractivity contribution is 5.95. The fraction of sp³-hybridized carbons (Fsp3) is 0.261. The number of carboxylic acid groups (broad SMARTS) is 1. The minimum Gasteiger partial charge on any atom is -0.478 e. The van der Waals surface area contributed by atoms with E-state index >= 15 is 0 Å². The number of benzene rings is 2. The van der Waals surface area contributed by atoms with Crippen LogP contribution in [0.1, 0.15) is 42.0 Å². The summed E-state index contributed by atoms with van der Waals surface area (Å²) in [6.07, 6.45) is 5.45. The fourth-order valence-corrected chi connectivity index (χ4v) is 3.27. The quantitative estimate of drug-likeness (QED) is 0.589. The van der Waals surface area contributed by atoms with Gasteiger partial charge in [0, 0.05) is 6.42 Å². The average molecular weight is 391 g/mol. The highest BCUT2D eigenvalue weighted by atomic mass is 16.4. The van der Waals surface area contributed by atoms with Crippen LogP contribution in [0.25, 0.3) is 11.1 Å². The van der Waals surface area contributed by atoms with Crippen LogP contribution >= 0.6 is 0 Å². The van der Waals surface area contributed by atoms with Crippen molar-refractivity contribution in [2.75, 3.05) is 0 Å². The van der Waals surface area contributed by atoms with Crippen molar-refractivity contribution < 1.29 is 9.90 Å². The van der Waals surface area contributed by atoms with E-state index in [1.54, 1.807) is 22.8 Å². The average Bonchev–Trinajstić information content (AvgIpc) is 3.02. The van der Waals surface area contributed by atoms with E-state index < -0.39 is 5.97 Å². The van der Waals surface area contributed by atoms with Gasteiger partial charge in [-0.15, -0.1) is 0 Å². The largest absolute Gasteiger partial charge is 0.478 e. The number of hydrogen-bond donors (Lipinski definition) is 1. The van der Waals surface area contributed by atoms with Gasteiger partial charge in [0.2, 0.25) is 0 Å². The lowest BCUT2D eigenvalue weighted by Gasteiger charge is -2.09. The SMILES string of the molecule is CC=CCn1nc(CCC)n(Cc2ccc(-c3ccccc3C(=O)O)cc2)c1=O. The highest BCUT2D eigenvalue weighted by Crippen LogP contribution is 2.24. The normalized spacial score (nSPS) is 11.2. The van der Waals surface area contributed by atoms with Crippen LogP contribution in [0.4, 0.5) is 0 Å². The molecule has 0 bridgehead atoms. The molecule has 0 saturated heterocycles. The molecule has 6 heteroatoms. The summed E-state index contributed by atoms with van der Waals surface area (Å²) in [6, 6.07) is 14.6. The molecule has 0 aliphatic heterocycles. The van der Waals surface area contributed by atoms with Gasteiger partial charge < -0.3 is 5.11 Å². The minimum atomic E-state index is -0.950. The molecule has 0 amide bonds. The van der Waals surface area contributed by atoms with E-state index in [9.17, 15) is 14.7 Å². The summed E-state index contributed by atoms with van der Waals surface area (Å²) in [4.78, 5) is 24.2. The van der Waals surface area contributed by atoms with Crippen molar-refractivity contribution in [3.8, 4) is 11.1 Å². The van der Waals surface area contributed by atoms with Crippen molar-refractivity contribution in [3.05, 3.63) is 88.1 Å². The summed E-state index contributed by atoms with van der Waals surface area (Å²) in [7, 11) is 0. The maximum atomic E-state index is 12.7. The lowest BCUT2D eigenvalue weighted by atomic mass is 9.99. The van der Waals surface area contributed by atoms with Gasteiger partial charge in [0.05, 0.1) is 18.7 Å². The van der Waals surface area contributed by atoms with E-state index in [0.717, 1.165) is 29.8 Å². The van der Waals surface area contributed by atoms with Crippen molar-refractivity contribution in [2.45, 2.75) is 39.8 Å². The first kappa shape index (κ1) is 20.3. The van der Waals surface area contributed by atoms with Crippen LogP contribution in [0.3, 0.4) is 0 Å². The molecule has 1 N–H and O–H groups in total. The van der Waals surface area contributed by atoms with Crippen LogP contribution in [0.5, 0.6) is 0 Å². The van der Waals surface area contributed by atoms with Gasteiger partial charge in [0.1, 0.15) is 5.82 Å². The Morgan fingerprint density at radius 2 is 1.86 bits per heavy atom. The molecule has 6 nitrogen and oxygen atoms in total. The lowest BCUT2D eigenvalue weighted by molar-refractivity contribution is 0.0697. The maximum Gasteiger partial charge on any atom is 0.346 e. The molecule has 0 unspecified atom stereocenters. The van der Waals surface area contributed by atoms with E-state index in [0.29, 0.717) is 18.7 Å². The standard InChI is InChI=1S/C23H25N3O3/c1-3-5-15-26-23(29)25(21(24-26)8-4-2)16-17-11-13-18(14-12-17)19-9-6-7-10-20(19)22(27)28/h3,5-7,9-14H,4,8,15-16H2,1-2H3,(H,27,28). The van der Waals surface area contributed by atoms with Gasteiger partial charge in [0.25, 0.3) is 0 Å². The number of hydrogen-bond acceptors (Lipinski definition) is 3. The van der Waals surface area contributed by atoms with Gasteiger partial charge in [0.15, 0.2) is 0 Å². The number of carbonyl (C=O) groups is 1. The maximum absolute atomic E-state index is 12.7. The predicted octanol–water partition coefficient (Wildman–Crippen LogP) is 3.99. The van der Waals surface area contributed by atoms with E-state index in [1.165, 1.54) is 4.68 Å². The summed E-state index contributed by atoms with van der Waals surface area (Å²) < 4.78 is 3.20. The van der Waals surface area contributed by atoms with Crippen molar-refractivity contribution in [2.24, 2.45) is 0 Å². The molecule has 0 spiro atoms. The number of rotatable bonds is 8. The van der Waals surface area contributed by atoms with Crippen molar-refractivity contribution in [3.63, 3.8) is 0 Å². The van der Waals surface area contributed by atoms with E-state index in [1.807, 2.05) is 49.4 Å². The third-order valence-electron chi connectivity index (χ3n) is 4.75. The zero-order valence-electron chi connectivity index (χ0n) is 16.7. The smallest absolute Gasteiger partial charge is 0.346 e. The number of nitrogens with zero attached hydrogens (tertiary/aromatic N) is 3. The Labute approximate surface area is 169 Å². The van der Waals surface area contributed by atoms with E-state index in [-0.39, 0.29) is 11.3 Å². The van der Waals surface area contributed by atoms with Crippen LogP contribution in [0.15, 0.2) is 65.5 Å². The molecule has 0 saturated carbocycles. The highest BCUT2D eigenvalue weighted by Gasteiger charge is 2.14. The second-order valence-electron chi connectivity index (χ2n) is 6.83. The predicted molar refractivity (Wildman–Crippen MR) is 113 cm³/mol. The topological polar surface area (TPSA) is 77.1 Å². The van der Waals surface area contributed by atoms with Gasteiger partial charge in [-0.1, -0.05) is 61.5 Å². The second-order valence-corrected chi connectivity index (χ2v) is 6.83. The summed E-state index contributed by atoms with van der Waals surface area (Å²) in [5.41, 5.74) is 2.62. The van der Waals surface area contributed by atoms with Gasteiger partial charge in [-0.05, 0) is 36.1 Å². The Morgan fingerprint density at radius 3 is 2.52 bits per heavy atom. The molecule has 0 radical (unpaired) electrons. The monoisotopic (exact) mass is 391 g/mol.